The summed E-state index contributed by atoms with van der Waals surface area (Å²) in [5, 5.41) is 3.21. The average Bonchev–Trinajstić information content (AvgIpc) is 2.55. The summed E-state index contributed by atoms with van der Waals surface area (Å²) in [6.07, 6.45) is 6.17. The lowest BCUT2D eigenvalue weighted by Gasteiger charge is -2.57. The summed E-state index contributed by atoms with van der Waals surface area (Å²) >= 11 is 0. The highest BCUT2D eigenvalue weighted by Gasteiger charge is 2.51. The molecule has 0 unspecified atom stereocenters. The van der Waals surface area contributed by atoms with Crippen LogP contribution in [0.1, 0.15) is 61.4 Å². The Morgan fingerprint density at radius 1 is 1.15 bits per heavy atom. The van der Waals surface area contributed by atoms with Crippen LogP contribution in [0.15, 0.2) is 18.2 Å². The highest BCUT2D eigenvalue weighted by molar-refractivity contribution is 5.92. The number of amides is 1. The van der Waals surface area contributed by atoms with Crippen molar-refractivity contribution in [3.8, 4) is 0 Å². The van der Waals surface area contributed by atoms with E-state index in [0.717, 1.165) is 43.1 Å². The molecule has 4 aliphatic rings. The van der Waals surface area contributed by atoms with Gasteiger partial charge in [-0.1, -0.05) is 6.07 Å². The van der Waals surface area contributed by atoms with Crippen LogP contribution in [0.4, 0.5) is 4.39 Å². The van der Waals surface area contributed by atoms with Gasteiger partial charge in [-0.2, -0.15) is 0 Å². The van der Waals surface area contributed by atoms with Crippen LogP contribution in [0.25, 0.3) is 0 Å². The number of rotatable bonds is 4. The maximum absolute atomic E-state index is 13.6. The number of hydrogen-bond acceptors (Lipinski definition) is 3. The summed E-state index contributed by atoms with van der Waals surface area (Å²) in [5.74, 6) is 0.829. The number of nitrogens with one attached hydrogen (secondary N) is 1. The number of aryl methyl sites for hydroxylation is 1. The molecule has 0 aromatic heterocycles. The summed E-state index contributed by atoms with van der Waals surface area (Å²) in [4.78, 5) is 24.9. The third kappa shape index (κ3) is 3.24. The average molecular weight is 359 g/mol. The van der Waals surface area contributed by atoms with Crippen LogP contribution in [0, 0.1) is 30.5 Å². The van der Waals surface area contributed by atoms with Gasteiger partial charge in [-0.05, 0) is 87.8 Å². The van der Waals surface area contributed by atoms with Gasteiger partial charge in [0.25, 0.3) is 5.91 Å². The molecule has 4 bridgehead atoms. The van der Waals surface area contributed by atoms with E-state index in [9.17, 15) is 14.0 Å². The van der Waals surface area contributed by atoms with E-state index in [2.05, 4.69) is 5.32 Å². The van der Waals surface area contributed by atoms with Gasteiger partial charge >= 0.3 is 5.97 Å². The smallest absolute Gasteiger partial charge is 0.339 e. The lowest BCUT2D eigenvalue weighted by Crippen LogP contribution is -2.61. The standard InChI is InChI=1S/C21H26FNO3/c1-12-3-4-17(8-18(12)22)20(25)26-13(2)19(24)23-21-9-14-5-15(10-21)7-16(6-14)11-21/h3-4,8,13-16H,5-7,9-11H2,1-2H3,(H,23,24)/t13-,14?,15?,16?,21?/m1/s1. The number of hydrogen-bond donors (Lipinski definition) is 1. The largest absolute Gasteiger partial charge is 0.449 e. The number of esters is 1. The lowest BCUT2D eigenvalue weighted by molar-refractivity contribution is -0.134. The van der Waals surface area contributed by atoms with Crippen LogP contribution in [-0.2, 0) is 9.53 Å². The zero-order chi connectivity index (χ0) is 18.5. The van der Waals surface area contributed by atoms with Crippen molar-refractivity contribution < 1.29 is 18.7 Å². The maximum atomic E-state index is 13.6. The summed E-state index contributed by atoms with van der Waals surface area (Å²) in [6.45, 7) is 3.21. The summed E-state index contributed by atoms with van der Waals surface area (Å²) in [5.41, 5.74) is 0.486. The number of carbonyl (C=O) groups excluding carboxylic acids is 2. The zero-order valence-corrected chi connectivity index (χ0v) is 15.4. The van der Waals surface area contributed by atoms with E-state index in [4.69, 9.17) is 4.74 Å². The molecular formula is C21H26FNO3. The molecule has 0 radical (unpaired) electrons. The predicted octanol–water partition coefficient (Wildman–Crippen LogP) is 3.76. The van der Waals surface area contributed by atoms with Crippen LogP contribution in [0.2, 0.25) is 0 Å². The number of benzene rings is 1. The van der Waals surface area contributed by atoms with Crippen molar-refractivity contribution in [1.29, 1.82) is 0 Å². The van der Waals surface area contributed by atoms with Crippen molar-refractivity contribution in [3.63, 3.8) is 0 Å². The van der Waals surface area contributed by atoms with E-state index in [1.165, 1.54) is 31.4 Å². The van der Waals surface area contributed by atoms with Gasteiger partial charge in [0.2, 0.25) is 0 Å². The molecule has 4 fully saturated rings. The fourth-order valence-corrected chi connectivity index (χ4v) is 5.63. The minimum Gasteiger partial charge on any atom is -0.449 e. The normalized spacial score (nSPS) is 33.0. The van der Waals surface area contributed by atoms with E-state index in [1.54, 1.807) is 13.8 Å². The monoisotopic (exact) mass is 359 g/mol. The highest BCUT2D eigenvalue weighted by atomic mass is 19.1. The first-order valence-corrected chi connectivity index (χ1v) is 9.63. The van der Waals surface area contributed by atoms with E-state index < -0.39 is 17.9 Å². The van der Waals surface area contributed by atoms with Gasteiger partial charge in [-0.25, -0.2) is 9.18 Å². The molecule has 0 spiro atoms. The maximum Gasteiger partial charge on any atom is 0.339 e. The number of carbonyl (C=O) groups is 2. The molecule has 0 aliphatic heterocycles. The predicted molar refractivity (Wildman–Crippen MR) is 95.1 cm³/mol. The number of halogens is 1. The molecule has 4 nitrogen and oxygen atoms in total. The Morgan fingerprint density at radius 3 is 2.27 bits per heavy atom. The zero-order valence-electron chi connectivity index (χ0n) is 15.4. The van der Waals surface area contributed by atoms with Crippen molar-refractivity contribution in [1.82, 2.24) is 5.32 Å². The second-order valence-electron chi connectivity index (χ2n) is 8.70. The molecule has 1 aromatic carbocycles. The first-order valence-electron chi connectivity index (χ1n) is 9.63. The molecule has 26 heavy (non-hydrogen) atoms. The summed E-state index contributed by atoms with van der Waals surface area (Å²) < 4.78 is 18.9. The van der Waals surface area contributed by atoms with Crippen LogP contribution in [-0.4, -0.2) is 23.5 Å². The summed E-state index contributed by atoms with van der Waals surface area (Å²) in [7, 11) is 0. The van der Waals surface area contributed by atoms with Crippen molar-refractivity contribution >= 4 is 11.9 Å². The first kappa shape index (κ1) is 17.5. The molecule has 140 valence electrons. The molecule has 5 heteroatoms. The van der Waals surface area contributed by atoms with Crippen molar-refractivity contribution in [2.75, 3.05) is 0 Å². The molecular weight excluding hydrogens is 333 g/mol. The molecule has 1 atom stereocenters. The van der Waals surface area contributed by atoms with E-state index >= 15 is 0 Å². The van der Waals surface area contributed by atoms with Gasteiger partial charge in [0.1, 0.15) is 5.82 Å². The Morgan fingerprint density at radius 2 is 1.73 bits per heavy atom. The minimum absolute atomic E-state index is 0.109. The van der Waals surface area contributed by atoms with E-state index in [0.29, 0.717) is 5.56 Å². The molecule has 5 rings (SSSR count). The quantitative estimate of drug-likeness (QED) is 0.833. The Labute approximate surface area is 153 Å². The van der Waals surface area contributed by atoms with Crippen LogP contribution in [0.3, 0.4) is 0 Å². The van der Waals surface area contributed by atoms with Gasteiger partial charge < -0.3 is 10.1 Å². The Hall–Kier alpha value is -1.91. The number of ether oxygens (including phenoxy) is 1. The third-order valence-electron chi connectivity index (χ3n) is 6.49. The molecule has 1 aromatic rings. The van der Waals surface area contributed by atoms with Gasteiger partial charge in [-0.3, -0.25) is 4.79 Å². The Balaban J connectivity index is 1.39. The minimum atomic E-state index is -0.889. The molecule has 4 saturated carbocycles. The van der Waals surface area contributed by atoms with Gasteiger partial charge in [0.05, 0.1) is 5.56 Å². The van der Waals surface area contributed by atoms with Gasteiger partial charge in [0.15, 0.2) is 6.10 Å². The third-order valence-corrected chi connectivity index (χ3v) is 6.49. The van der Waals surface area contributed by atoms with Crippen LogP contribution >= 0.6 is 0 Å². The van der Waals surface area contributed by atoms with E-state index in [-0.39, 0.29) is 17.0 Å². The highest BCUT2D eigenvalue weighted by Crippen LogP contribution is 2.55. The van der Waals surface area contributed by atoms with Crippen LogP contribution in [0.5, 0.6) is 0 Å². The van der Waals surface area contributed by atoms with Gasteiger partial charge in [-0.15, -0.1) is 0 Å². The second-order valence-corrected chi connectivity index (χ2v) is 8.70. The topological polar surface area (TPSA) is 55.4 Å². The van der Waals surface area contributed by atoms with Crippen molar-refractivity contribution in [2.24, 2.45) is 17.8 Å². The molecule has 0 saturated heterocycles. The second kappa shape index (κ2) is 6.36. The SMILES string of the molecule is Cc1ccc(C(=O)O[C@H](C)C(=O)NC23CC4CC(CC(C4)C2)C3)cc1F. The summed E-state index contributed by atoms with van der Waals surface area (Å²) in [6, 6.07) is 4.21. The van der Waals surface area contributed by atoms with Crippen molar-refractivity contribution in [3.05, 3.63) is 35.1 Å². The Kier molecular flexibility index (Phi) is 4.28. The Bertz CT molecular complexity index is 709. The molecule has 4 aliphatic carbocycles. The lowest BCUT2D eigenvalue weighted by atomic mass is 9.53. The first-order chi connectivity index (χ1) is 12.3. The molecule has 0 heterocycles. The molecule has 1 N–H and O–H groups in total. The molecule has 1 amide bonds. The van der Waals surface area contributed by atoms with Crippen molar-refractivity contribution in [2.45, 2.75) is 64.0 Å². The van der Waals surface area contributed by atoms with Gasteiger partial charge in [0, 0.05) is 5.54 Å². The fourth-order valence-electron chi connectivity index (χ4n) is 5.63. The van der Waals surface area contributed by atoms with Crippen LogP contribution < -0.4 is 5.32 Å². The fraction of sp³-hybridized carbons (Fsp3) is 0.619. The van der Waals surface area contributed by atoms with E-state index in [1.807, 2.05) is 0 Å².